The van der Waals surface area contributed by atoms with E-state index in [-0.39, 0.29) is 18.6 Å². The Morgan fingerprint density at radius 3 is 3.25 bits per heavy atom. The molecule has 8 heteroatoms. The molecule has 0 radical (unpaired) electrons. The molecule has 0 unspecified atom stereocenters. The van der Waals surface area contributed by atoms with Crippen LogP contribution in [0.1, 0.15) is 26.2 Å². The zero-order valence-corrected chi connectivity index (χ0v) is 13.2. The van der Waals surface area contributed by atoms with Crippen LogP contribution in [0.5, 0.6) is 0 Å². The molecule has 2 rings (SSSR count). The Hall–Kier alpha value is -0.700. The van der Waals surface area contributed by atoms with Gasteiger partial charge in [0, 0.05) is 23.3 Å². The lowest BCUT2D eigenvalue weighted by Crippen LogP contribution is -2.38. The topological polar surface area (TPSA) is 78.4 Å². The zero-order chi connectivity index (χ0) is 14.4. The highest BCUT2D eigenvalue weighted by molar-refractivity contribution is 7.99. The number of nitrogens with one attached hydrogen (secondary N) is 1. The average molecular weight is 316 g/mol. The average Bonchev–Trinajstić information content (AvgIpc) is 3.05. The predicted molar refractivity (Wildman–Crippen MR) is 81.2 cm³/mol. The maximum atomic E-state index is 12.0. The van der Waals surface area contributed by atoms with Crippen molar-refractivity contribution in [2.75, 3.05) is 30.8 Å². The van der Waals surface area contributed by atoms with E-state index >= 15 is 0 Å². The van der Waals surface area contributed by atoms with E-state index in [1.54, 1.807) is 11.8 Å². The monoisotopic (exact) mass is 316 g/mol. The first-order valence-corrected chi connectivity index (χ1v) is 8.60. The molecule has 1 saturated heterocycles. The molecule has 1 aromatic heterocycles. The van der Waals surface area contributed by atoms with E-state index in [0.29, 0.717) is 11.7 Å². The van der Waals surface area contributed by atoms with Gasteiger partial charge in [-0.1, -0.05) is 18.7 Å². The SMILES string of the molecule is CCCSc1nsc(NC(=O)CN2CCC[C@H]2CO)n1. The molecule has 0 spiro atoms. The van der Waals surface area contributed by atoms with Crippen LogP contribution < -0.4 is 5.32 Å². The summed E-state index contributed by atoms with van der Waals surface area (Å²) in [7, 11) is 0. The molecule has 1 amide bonds. The van der Waals surface area contributed by atoms with Gasteiger partial charge in [-0.05, 0) is 25.8 Å². The summed E-state index contributed by atoms with van der Waals surface area (Å²) >= 11 is 2.81. The molecule has 0 aromatic carbocycles. The lowest BCUT2D eigenvalue weighted by molar-refractivity contribution is -0.117. The Morgan fingerprint density at radius 2 is 2.50 bits per heavy atom. The van der Waals surface area contributed by atoms with Crippen LogP contribution in [0.2, 0.25) is 0 Å². The van der Waals surface area contributed by atoms with E-state index in [2.05, 4.69) is 21.6 Å². The highest BCUT2D eigenvalue weighted by Crippen LogP contribution is 2.21. The fraction of sp³-hybridized carbons (Fsp3) is 0.750. The van der Waals surface area contributed by atoms with E-state index < -0.39 is 0 Å². The van der Waals surface area contributed by atoms with E-state index in [1.165, 1.54) is 11.5 Å². The molecular formula is C12H20N4O2S2. The Bertz CT molecular complexity index is 441. The second-order valence-electron chi connectivity index (χ2n) is 4.73. The molecule has 2 heterocycles. The fourth-order valence-corrected chi connectivity index (χ4v) is 3.58. The summed E-state index contributed by atoms with van der Waals surface area (Å²) in [6.45, 7) is 3.40. The highest BCUT2D eigenvalue weighted by atomic mass is 32.2. The van der Waals surface area contributed by atoms with Crippen molar-refractivity contribution >= 4 is 34.3 Å². The van der Waals surface area contributed by atoms with Gasteiger partial charge in [0.15, 0.2) is 0 Å². The number of likely N-dealkylation sites (tertiary alicyclic amines) is 1. The van der Waals surface area contributed by atoms with Crippen molar-refractivity contribution in [3.63, 3.8) is 0 Å². The number of aliphatic hydroxyl groups excluding tert-OH is 1. The van der Waals surface area contributed by atoms with E-state index in [4.69, 9.17) is 0 Å². The molecule has 6 nitrogen and oxygen atoms in total. The van der Waals surface area contributed by atoms with Gasteiger partial charge in [0.1, 0.15) is 0 Å². The maximum absolute atomic E-state index is 12.0. The minimum atomic E-state index is -0.0893. The summed E-state index contributed by atoms with van der Waals surface area (Å²) in [5.74, 6) is 0.893. The summed E-state index contributed by atoms with van der Waals surface area (Å²) in [6, 6.07) is 0.117. The Labute approximate surface area is 127 Å². The molecule has 1 fully saturated rings. The van der Waals surface area contributed by atoms with Crippen LogP contribution in [0.4, 0.5) is 5.13 Å². The quantitative estimate of drug-likeness (QED) is 0.741. The third kappa shape index (κ3) is 4.41. The van der Waals surface area contributed by atoms with E-state index in [9.17, 15) is 9.90 Å². The standard InChI is InChI=1S/C12H20N4O2S2/c1-2-6-19-12-14-11(20-15-12)13-10(18)7-16-5-3-4-9(16)8-17/h9,17H,2-8H2,1H3,(H,13,14,15,18)/t9-/m0/s1. The first-order chi connectivity index (χ1) is 9.72. The van der Waals surface area contributed by atoms with Crippen molar-refractivity contribution in [2.45, 2.75) is 37.4 Å². The second-order valence-corrected chi connectivity index (χ2v) is 6.54. The molecular weight excluding hydrogens is 296 g/mol. The number of carbonyl (C=O) groups excluding carboxylic acids is 1. The highest BCUT2D eigenvalue weighted by Gasteiger charge is 2.25. The van der Waals surface area contributed by atoms with Crippen LogP contribution in [-0.2, 0) is 4.79 Å². The van der Waals surface area contributed by atoms with Gasteiger partial charge >= 0.3 is 0 Å². The third-order valence-electron chi connectivity index (χ3n) is 3.15. The summed E-state index contributed by atoms with van der Waals surface area (Å²) in [5, 5.41) is 13.3. The van der Waals surface area contributed by atoms with Crippen LogP contribution in [0, 0.1) is 0 Å². The third-order valence-corrected chi connectivity index (χ3v) is 4.94. The number of amides is 1. The molecule has 0 bridgehead atoms. The molecule has 112 valence electrons. The Morgan fingerprint density at radius 1 is 1.65 bits per heavy atom. The number of aromatic nitrogens is 2. The normalized spacial score (nSPS) is 19.4. The van der Waals surface area contributed by atoms with E-state index in [1.807, 2.05) is 4.90 Å². The maximum Gasteiger partial charge on any atom is 0.240 e. The van der Waals surface area contributed by atoms with Gasteiger partial charge in [-0.25, -0.2) is 0 Å². The van der Waals surface area contributed by atoms with Crippen LogP contribution in [-0.4, -0.2) is 56.8 Å². The fourth-order valence-electron chi connectivity index (χ4n) is 2.17. The molecule has 1 aliphatic rings. The summed E-state index contributed by atoms with van der Waals surface area (Å²) in [4.78, 5) is 18.2. The lowest BCUT2D eigenvalue weighted by atomic mass is 10.2. The molecule has 0 saturated carbocycles. The first-order valence-electron chi connectivity index (χ1n) is 6.84. The van der Waals surface area contributed by atoms with Crippen molar-refractivity contribution in [1.82, 2.24) is 14.3 Å². The van der Waals surface area contributed by atoms with Crippen LogP contribution >= 0.6 is 23.3 Å². The van der Waals surface area contributed by atoms with Gasteiger partial charge in [0.25, 0.3) is 0 Å². The largest absolute Gasteiger partial charge is 0.395 e. The van der Waals surface area contributed by atoms with Gasteiger partial charge in [-0.3, -0.25) is 15.0 Å². The molecule has 1 aromatic rings. The number of hydrogen-bond acceptors (Lipinski definition) is 7. The van der Waals surface area contributed by atoms with Crippen molar-refractivity contribution in [3.8, 4) is 0 Å². The minimum absolute atomic E-state index is 0.0893. The molecule has 1 atom stereocenters. The summed E-state index contributed by atoms with van der Waals surface area (Å²) in [6.07, 6.45) is 3.07. The van der Waals surface area contributed by atoms with Crippen molar-refractivity contribution in [3.05, 3.63) is 0 Å². The van der Waals surface area contributed by atoms with E-state index in [0.717, 1.165) is 36.7 Å². The number of hydrogen-bond donors (Lipinski definition) is 2. The number of thioether (sulfide) groups is 1. The molecule has 1 aliphatic heterocycles. The molecule has 0 aliphatic carbocycles. The number of aliphatic hydroxyl groups is 1. The van der Waals surface area contributed by atoms with Gasteiger partial charge in [0.05, 0.1) is 13.2 Å². The van der Waals surface area contributed by atoms with Crippen molar-refractivity contribution in [2.24, 2.45) is 0 Å². The van der Waals surface area contributed by atoms with Crippen LogP contribution in [0.15, 0.2) is 5.16 Å². The van der Waals surface area contributed by atoms with Gasteiger partial charge in [0.2, 0.25) is 16.2 Å². The second kappa shape index (κ2) is 7.92. The number of carbonyl (C=O) groups is 1. The number of rotatable bonds is 7. The first kappa shape index (κ1) is 15.7. The van der Waals surface area contributed by atoms with Crippen LogP contribution in [0.3, 0.4) is 0 Å². The van der Waals surface area contributed by atoms with Crippen molar-refractivity contribution < 1.29 is 9.90 Å². The molecule has 20 heavy (non-hydrogen) atoms. The van der Waals surface area contributed by atoms with Gasteiger partial charge < -0.3 is 5.11 Å². The molecule has 2 N–H and O–H groups in total. The number of nitrogens with zero attached hydrogens (tertiary/aromatic N) is 3. The minimum Gasteiger partial charge on any atom is -0.395 e. The predicted octanol–water partition coefficient (Wildman–Crippen LogP) is 1.44. The Kier molecular flexibility index (Phi) is 6.21. The summed E-state index contributed by atoms with van der Waals surface area (Å²) < 4.78 is 4.19. The smallest absolute Gasteiger partial charge is 0.240 e. The summed E-state index contributed by atoms with van der Waals surface area (Å²) in [5.41, 5.74) is 0. The van der Waals surface area contributed by atoms with Crippen molar-refractivity contribution in [1.29, 1.82) is 0 Å². The van der Waals surface area contributed by atoms with Crippen LogP contribution in [0.25, 0.3) is 0 Å². The van der Waals surface area contributed by atoms with Gasteiger partial charge in [-0.15, -0.1) is 0 Å². The number of anilines is 1. The zero-order valence-electron chi connectivity index (χ0n) is 11.5. The Balaban J connectivity index is 1.80. The lowest BCUT2D eigenvalue weighted by Gasteiger charge is -2.21. The van der Waals surface area contributed by atoms with Gasteiger partial charge in [-0.2, -0.15) is 9.36 Å².